The van der Waals surface area contributed by atoms with Gasteiger partial charge in [0.1, 0.15) is 0 Å². The number of nitrogens with zero attached hydrogens (tertiary/aromatic N) is 1. The predicted octanol–water partition coefficient (Wildman–Crippen LogP) is 2.35. The van der Waals surface area contributed by atoms with Crippen LogP contribution in [-0.2, 0) is 12.1 Å². The molecule has 0 N–H and O–H groups in total. The normalized spacial score (nSPS) is 22.4. The van der Waals surface area contributed by atoms with Gasteiger partial charge >= 0.3 is 0 Å². The molecule has 5 rings (SSSR count). The summed E-state index contributed by atoms with van der Waals surface area (Å²) in [4.78, 5) is 15.5. The van der Waals surface area contributed by atoms with Crippen LogP contribution in [0.3, 0.4) is 0 Å². The third-order valence-corrected chi connectivity index (χ3v) is 5.52. The highest BCUT2D eigenvalue weighted by molar-refractivity contribution is 6.09. The van der Waals surface area contributed by atoms with Crippen molar-refractivity contribution in [2.24, 2.45) is 0 Å². The van der Waals surface area contributed by atoms with Crippen LogP contribution < -0.4 is 23.7 Å². The molecule has 0 saturated heterocycles. The molecule has 7 heteroatoms. The van der Waals surface area contributed by atoms with Crippen LogP contribution in [0.1, 0.15) is 21.5 Å². The zero-order valence-electron chi connectivity index (χ0n) is 15.3. The average molecular weight is 369 g/mol. The van der Waals surface area contributed by atoms with Crippen molar-refractivity contribution in [2.75, 3.05) is 34.6 Å². The Labute approximate surface area is 156 Å². The Kier molecular flexibility index (Phi) is 3.33. The maximum Gasteiger partial charge on any atom is 0.254 e. The molecule has 0 radical (unpaired) electrons. The SMILES string of the molecule is COc1ccc2c(c1OC)OC1(C2=O)c2cc3c(cc2CCN1C)OCO3. The van der Waals surface area contributed by atoms with Crippen LogP contribution in [0.2, 0.25) is 0 Å². The molecule has 0 amide bonds. The Morgan fingerprint density at radius 3 is 2.63 bits per heavy atom. The number of hydrogen-bond donors (Lipinski definition) is 0. The van der Waals surface area contributed by atoms with Crippen LogP contribution in [0.5, 0.6) is 28.7 Å². The Morgan fingerprint density at radius 2 is 1.89 bits per heavy atom. The monoisotopic (exact) mass is 369 g/mol. The van der Waals surface area contributed by atoms with Crippen molar-refractivity contribution < 1.29 is 28.5 Å². The lowest BCUT2D eigenvalue weighted by atomic mass is 9.85. The summed E-state index contributed by atoms with van der Waals surface area (Å²) < 4.78 is 28.3. The minimum atomic E-state index is -1.25. The van der Waals surface area contributed by atoms with Crippen molar-refractivity contribution in [1.82, 2.24) is 4.90 Å². The predicted molar refractivity (Wildman–Crippen MR) is 95.1 cm³/mol. The number of hydrogen-bond acceptors (Lipinski definition) is 7. The van der Waals surface area contributed by atoms with Crippen LogP contribution in [-0.4, -0.2) is 45.3 Å². The van der Waals surface area contributed by atoms with Crippen LogP contribution in [0.15, 0.2) is 24.3 Å². The molecule has 1 atom stereocenters. The fourth-order valence-electron chi connectivity index (χ4n) is 4.14. The molecule has 140 valence electrons. The number of methoxy groups -OCH3 is 2. The molecule has 3 aliphatic heterocycles. The highest BCUT2D eigenvalue weighted by Crippen LogP contribution is 2.53. The van der Waals surface area contributed by atoms with Crippen molar-refractivity contribution in [2.45, 2.75) is 12.1 Å². The van der Waals surface area contributed by atoms with Gasteiger partial charge in [-0.1, -0.05) is 0 Å². The largest absolute Gasteiger partial charge is 0.493 e. The van der Waals surface area contributed by atoms with Crippen LogP contribution in [0.25, 0.3) is 0 Å². The Balaban J connectivity index is 1.73. The van der Waals surface area contributed by atoms with Gasteiger partial charge < -0.3 is 23.7 Å². The second kappa shape index (κ2) is 5.53. The van der Waals surface area contributed by atoms with Gasteiger partial charge in [0.05, 0.1) is 19.8 Å². The minimum Gasteiger partial charge on any atom is -0.493 e. The van der Waals surface area contributed by atoms with E-state index in [9.17, 15) is 4.79 Å². The van der Waals surface area contributed by atoms with E-state index < -0.39 is 5.72 Å². The van der Waals surface area contributed by atoms with Crippen LogP contribution in [0, 0.1) is 0 Å². The van der Waals surface area contributed by atoms with Crippen molar-refractivity contribution in [3.8, 4) is 28.7 Å². The lowest BCUT2D eigenvalue weighted by Crippen LogP contribution is -2.55. The fourth-order valence-corrected chi connectivity index (χ4v) is 4.14. The molecule has 3 aliphatic rings. The highest BCUT2D eigenvalue weighted by atomic mass is 16.7. The van der Waals surface area contributed by atoms with Crippen molar-refractivity contribution in [3.63, 3.8) is 0 Å². The number of fused-ring (bicyclic) bond motifs is 4. The summed E-state index contributed by atoms with van der Waals surface area (Å²) in [5, 5.41) is 0. The lowest BCUT2D eigenvalue weighted by Gasteiger charge is -2.41. The molecule has 0 saturated carbocycles. The second-order valence-electron chi connectivity index (χ2n) is 6.79. The average Bonchev–Trinajstić information content (AvgIpc) is 3.26. The first-order chi connectivity index (χ1) is 13.1. The topological polar surface area (TPSA) is 66.5 Å². The molecule has 1 spiro atoms. The standard InChI is InChI=1S/C20H19NO6/c1-21-7-6-11-8-15-16(26-10-25-15)9-13(11)20(21)19(22)12-4-5-14(23-2)18(24-3)17(12)27-20/h4-5,8-9H,6-7,10H2,1-3H3. The minimum absolute atomic E-state index is 0.124. The van der Waals surface area contributed by atoms with Gasteiger partial charge in [-0.15, -0.1) is 0 Å². The van der Waals surface area contributed by atoms with Gasteiger partial charge in [-0.25, -0.2) is 0 Å². The first kappa shape index (κ1) is 16.3. The van der Waals surface area contributed by atoms with Gasteiger partial charge in [-0.05, 0) is 43.3 Å². The van der Waals surface area contributed by atoms with Gasteiger partial charge in [-0.2, -0.15) is 0 Å². The molecule has 7 nitrogen and oxygen atoms in total. The molecule has 0 aliphatic carbocycles. The van der Waals surface area contributed by atoms with Gasteiger partial charge in [0, 0.05) is 12.1 Å². The van der Waals surface area contributed by atoms with E-state index in [-0.39, 0.29) is 12.6 Å². The van der Waals surface area contributed by atoms with Crippen LogP contribution >= 0.6 is 0 Å². The smallest absolute Gasteiger partial charge is 0.254 e. The number of carbonyl (C=O) groups excluding carboxylic acids is 1. The molecule has 0 bridgehead atoms. The number of carbonyl (C=O) groups is 1. The Bertz CT molecular complexity index is 971. The van der Waals surface area contributed by atoms with E-state index in [0.717, 1.165) is 17.5 Å². The molecule has 1 unspecified atom stereocenters. The number of Topliss-reactive ketones (excluding diaryl/α,β-unsaturated/α-hetero) is 1. The van der Waals surface area contributed by atoms with Gasteiger partial charge in [-0.3, -0.25) is 9.69 Å². The summed E-state index contributed by atoms with van der Waals surface area (Å²) in [7, 11) is 4.98. The van der Waals surface area contributed by atoms with E-state index in [4.69, 9.17) is 23.7 Å². The van der Waals surface area contributed by atoms with Gasteiger partial charge in [0.15, 0.2) is 23.0 Å². The van der Waals surface area contributed by atoms with E-state index in [1.54, 1.807) is 19.2 Å². The first-order valence-electron chi connectivity index (χ1n) is 8.73. The summed E-state index contributed by atoms with van der Waals surface area (Å²) in [5.74, 6) is 2.54. The molecule has 0 fully saturated rings. The maximum atomic E-state index is 13.6. The number of ether oxygens (including phenoxy) is 5. The quantitative estimate of drug-likeness (QED) is 0.805. The van der Waals surface area contributed by atoms with E-state index >= 15 is 0 Å². The summed E-state index contributed by atoms with van der Waals surface area (Å²) >= 11 is 0. The summed E-state index contributed by atoms with van der Waals surface area (Å²) in [6, 6.07) is 7.26. The molecule has 27 heavy (non-hydrogen) atoms. The molecule has 2 aromatic carbocycles. The highest BCUT2D eigenvalue weighted by Gasteiger charge is 2.56. The Hall–Kier alpha value is -2.93. The van der Waals surface area contributed by atoms with Gasteiger partial charge in [0.2, 0.25) is 18.3 Å². The molecular weight excluding hydrogens is 350 g/mol. The van der Waals surface area contributed by atoms with E-state index in [2.05, 4.69) is 0 Å². The maximum absolute atomic E-state index is 13.6. The Morgan fingerprint density at radius 1 is 1.11 bits per heavy atom. The number of ketones is 1. The lowest BCUT2D eigenvalue weighted by molar-refractivity contribution is -0.0452. The van der Waals surface area contributed by atoms with Gasteiger partial charge in [0.25, 0.3) is 5.72 Å². The van der Waals surface area contributed by atoms with Crippen molar-refractivity contribution >= 4 is 5.78 Å². The summed E-state index contributed by atoms with van der Waals surface area (Å²) in [5.41, 5.74) is 1.02. The number of rotatable bonds is 2. The molecule has 0 aromatic heterocycles. The zero-order valence-corrected chi connectivity index (χ0v) is 15.3. The molecular formula is C20H19NO6. The molecule has 3 heterocycles. The molecule has 2 aromatic rings. The summed E-state index contributed by atoms with van der Waals surface area (Å²) in [6.45, 7) is 0.854. The number of benzene rings is 2. The third kappa shape index (κ3) is 1.97. The van der Waals surface area contributed by atoms with Crippen LogP contribution in [0.4, 0.5) is 0 Å². The third-order valence-electron chi connectivity index (χ3n) is 5.52. The second-order valence-corrected chi connectivity index (χ2v) is 6.79. The van der Waals surface area contributed by atoms with E-state index in [0.29, 0.717) is 40.9 Å². The summed E-state index contributed by atoms with van der Waals surface area (Å²) in [6.07, 6.45) is 0.789. The fraction of sp³-hybridized carbons (Fsp3) is 0.350. The van der Waals surface area contributed by atoms with Crippen molar-refractivity contribution in [3.05, 3.63) is 41.0 Å². The van der Waals surface area contributed by atoms with E-state index in [1.807, 2.05) is 24.1 Å². The number of likely N-dealkylation sites (N-methyl/N-ethyl adjacent to an activating group) is 1. The zero-order chi connectivity index (χ0) is 18.8. The first-order valence-corrected chi connectivity index (χ1v) is 8.73. The van der Waals surface area contributed by atoms with Crippen molar-refractivity contribution in [1.29, 1.82) is 0 Å². The van der Waals surface area contributed by atoms with E-state index in [1.165, 1.54) is 7.11 Å².